The number of carbonyl (C=O) groups excluding carboxylic acids is 1. The second-order valence-electron chi connectivity index (χ2n) is 7.88. The van der Waals surface area contributed by atoms with Crippen LogP contribution in [0.4, 0.5) is 5.69 Å². The van der Waals surface area contributed by atoms with Gasteiger partial charge in [0.25, 0.3) is 0 Å². The van der Waals surface area contributed by atoms with Gasteiger partial charge in [-0.15, -0.1) is 0 Å². The van der Waals surface area contributed by atoms with Gasteiger partial charge in [0.2, 0.25) is 5.91 Å². The van der Waals surface area contributed by atoms with Gasteiger partial charge in [0.15, 0.2) is 0 Å². The van der Waals surface area contributed by atoms with Gasteiger partial charge in [-0.1, -0.05) is 30.3 Å². The third kappa shape index (κ3) is 3.91. The van der Waals surface area contributed by atoms with Crippen LogP contribution in [0.3, 0.4) is 0 Å². The van der Waals surface area contributed by atoms with E-state index in [9.17, 15) is 4.79 Å². The van der Waals surface area contributed by atoms with Crippen molar-refractivity contribution in [2.45, 2.75) is 18.9 Å². The average Bonchev–Trinajstić information content (AvgIpc) is 3.40. The zero-order valence-corrected chi connectivity index (χ0v) is 18.0. The molecule has 1 unspecified atom stereocenters. The van der Waals surface area contributed by atoms with Crippen LogP contribution < -0.4 is 14.4 Å². The number of methoxy groups -OCH3 is 1. The number of nitrogens with zero attached hydrogens (tertiary/aromatic N) is 3. The fraction of sp³-hybridized carbons (Fsp3) is 0.231. The van der Waals surface area contributed by atoms with Gasteiger partial charge in [-0.25, -0.2) is 4.98 Å². The van der Waals surface area contributed by atoms with Gasteiger partial charge in [-0.2, -0.15) is 0 Å². The number of fused-ring (bicyclic) bond motifs is 1. The summed E-state index contributed by atoms with van der Waals surface area (Å²) in [6.45, 7) is 1.80. The van der Waals surface area contributed by atoms with Crippen molar-refractivity contribution < 1.29 is 14.3 Å². The predicted molar refractivity (Wildman–Crippen MR) is 124 cm³/mol. The molecule has 6 heteroatoms. The van der Waals surface area contributed by atoms with Crippen LogP contribution in [0.5, 0.6) is 11.5 Å². The first-order valence-corrected chi connectivity index (χ1v) is 10.8. The number of benzene rings is 3. The summed E-state index contributed by atoms with van der Waals surface area (Å²) in [6, 6.07) is 25.5. The molecule has 1 aromatic heterocycles. The quantitative estimate of drug-likeness (QED) is 0.431. The van der Waals surface area contributed by atoms with Gasteiger partial charge in [0.1, 0.15) is 23.9 Å². The Labute approximate surface area is 187 Å². The SMILES string of the molecule is COc1ccc(N2CC(c3nc4ccccc4n3CCOc3ccccc3)CC2=O)cc1. The Kier molecular flexibility index (Phi) is 5.50. The van der Waals surface area contributed by atoms with E-state index in [4.69, 9.17) is 14.5 Å². The van der Waals surface area contributed by atoms with E-state index >= 15 is 0 Å². The Morgan fingerprint density at radius 2 is 1.69 bits per heavy atom. The van der Waals surface area contributed by atoms with Crippen LogP contribution in [0.25, 0.3) is 11.0 Å². The summed E-state index contributed by atoms with van der Waals surface area (Å²) in [5, 5.41) is 0. The Morgan fingerprint density at radius 1 is 0.938 bits per heavy atom. The number of hydrogen-bond donors (Lipinski definition) is 0. The first-order valence-electron chi connectivity index (χ1n) is 10.8. The van der Waals surface area contributed by atoms with E-state index in [0.29, 0.717) is 26.1 Å². The molecule has 1 atom stereocenters. The van der Waals surface area contributed by atoms with Gasteiger partial charge in [0.05, 0.1) is 24.7 Å². The van der Waals surface area contributed by atoms with Gasteiger partial charge < -0.3 is 18.9 Å². The molecule has 32 heavy (non-hydrogen) atoms. The second-order valence-corrected chi connectivity index (χ2v) is 7.88. The number of hydrogen-bond acceptors (Lipinski definition) is 4. The summed E-state index contributed by atoms with van der Waals surface area (Å²) in [7, 11) is 1.64. The molecule has 0 aliphatic carbocycles. The molecule has 1 amide bonds. The number of aromatic nitrogens is 2. The molecule has 1 aliphatic rings. The molecule has 2 heterocycles. The van der Waals surface area contributed by atoms with Gasteiger partial charge >= 0.3 is 0 Å². The third-order valence-corrected chi connectivity index (χ3v) is 5.89. The van der Waals surface area contributed by atoms with E-state index in [1.165, 1.54) is 0 Å². The van der Waals surface area contributed by atoms with E-state index in [0.717, 1.165) is 34.0 Å². The normalized spacial score (nSPS) is 16.0. The molecule has 162 valence electrons. The molecule has 0 saturated carbocycles. The molecule has 1 fully saturated rings. The summed E-state index contributed by atoms with van der Waals surface area (Å²) in [5.74, 6) is 2.69. The zero-order chi connectivity index (χ0) is 21.9. The summed E-state index contributed by atoms with van der Waals surface area (Å²) >= 11 is 0. The topological polar surface area (TPSA) is 56.6 Å². The minimum absolute atomic E-state index is 0.0220. The number of rotatable bonds is 7. The van der Waals surface area contributed by atoms with Gasteiger partial charge in [-0.05, 0) is 48.5 Å². The Morgan fingerprint density at radius 3 is 2.47 bits per heavy atom. The highest BCUT2D eigenvalue weighted by Gasteiger charge is 2.34. The van der Waals surface area contributed by atoms with Crippen LogP contribution in [0, 0.1) is 0 Å². The maximum Gasteiger partial charge on any atom is 0.227 e. The van der Waals surface area contributed by atoms with Crippen molar-refractivity contribution >= 4 is 22.6 Å². The van der Waals surface area contributed by atoms with Crippen molar-refractivity contribution in [2.75, 3.05) is 25.2 Å². The van der Waals surface area contributed by atoms with Crippen LogP contribution in [0.15, 0.2) is 78.9 Å². The van der Waals surface area contributed by atoms with Crippen molar-refractivity contribution in [3.63, 3.8) is 0 Å². The second kappa shape index (κ2) is 8.75. The summed E-state index contributed by atoms with van der Waals surface area (Å²) < 4.78 is 13.4. The van der Waals surface area contributed by atoms with Crippen molar-refractivity contribution in [1.29, 1.82) is 0 Å². The molecule has 0 N–H and O–H groups in total. The fourth-order valence-corrected chi connectivity index (χ4v) is 4.30. The number of carbonyl (C=O) groups is 1. The van der Waals surface area contributed by atoms with Crippen LogP contribution in [-0.2, 0) is 11.3 Å². The summed E-state index contributed by atoms with van der Waals surface area (Å²) in [4.78, 5) is 19.6. The number of imidazole rings is 1. The standard InChI is InChI=1S/C26H25N3O3/c1-31-21-13-11-20(12-14-21)29-18-19(17-25(29)30)26-27-23-9-5-6-10-24(23)28(26)15-16-32-22-7-3-2-4-8-22/h2-14,19H,15-18H2,1H3. The maximum atomic E-state index is 12.9. The predicted octanol–water partition coefficient (Wildman–Crippen LogP) is 4.64. The Balaban J connectivity index is 1.39. The molecular formula is C26H25N3O3. The number of ether oxygens (including phenoxy) is 2. The van der Waals surface area contributed by atoms with Gasteiger partial charge in [0, 0.05) is 24.6 Å². The highest BCUT2D eigenvalue weighted by molar-refractivity contribution is 5.96. The molecule has 1 saturated heterocycles. The van der Waals surface area contributed by atoms with Gasteiger partial charge in [-0.3, -0.25) is 4.79 Å². The highest BCUT2D eigenvalue weighted by Crippen LogP contribution is 2.33. The molecule has 0 radical (unpaired) electrons. The first kappa shape index (κ1) is 20.1. The average molecular weight is 428 g/mol. The van der Waals surface area contributed by atoms with Crippen molar-refractivity contribution in [2.24, 2.45) is 0 Å². The van der Waals surface area contributed by atoms with Crippen LogP contribution >= 0.6 is 0 Å². The van der Waals surface area contributed by atoms with Crippen molar-refractivity contribution in [1.82, 2.24) is 9.55 Å². The maximum absolute atomic E-state index is 12.9. The third-order valence-electron chi connectivity index (χ3n) is 5.89. The largest absolute Gasteiger partial charge is 0.497 e. The van der Waals surface area contributed by atoms with Crippen LogP contribution in [-0.4, -0.2) is 35.7 Å². The number of anilines is 1. The molecule has 4 aromatic rings. The fourth-order valence-electron chi connectivity index (χ4n) is 4.30. The highest BCUT2D eigenvalue weighted by atomic mass is 16.5. The lowest BCUT2D eigenvalue weighted by atomic mass is 10.1. The molecule has 5 rings (SSSR count). The lowest BCUT2D eigenvalue weighted by Gasteiger charge is -2.18. The van der Waals surface area contributed by atoms with Crippen molar-refractivity contribution in [3.8, 4) is 11.5 Å². The molecule has 6 nitrogen and oxygen atoms in total. The number of amides is 1. The molecule has 1 aliphatic heterocycles. The zero-order valence-electron chi connectivity index (χ0n) is 18.0. The monoisotopic (exact) mass is 427 g/mol. The van der Waals surface area contributed by atoms with Crippen molar-refractivity contribution in [3.05, 3.63) is 84.7 Å². The van der Waals surface area contributed by atoms with E-state index < -0.39 is 0 Å². The number of para-hydroxylation sites is 3. The molecule has 0 spiro atoms. The van der Waals surface area contributed by atoms with Crippen LogP contribution in [0.2, 0.25) is 0 Å². The molecule has 0 bridgehead atoms. The summed E-state index contributed by atoms with van der Waals surface area (Å²) in [5.41, 5.74) is 2.89. The van der Waals surface area contributed by atoms with E-state index in [2.05, 4.69) is 10.6 Å². The van der Waals surface area contributed by atoms with E-state index in [1.807, 2.05) is 77.7 Å². The van der Waals surface area contributed by atoms with Crippen LogP contribution in [0.1, 0.15) is 18.2 Å². The summed E-state index contributed by atoms with van der Waals surface area (Å²) in [6.07, 6.45) is 0.439. The lowest BCUT2D eigenvalue weighted by molar-refractivity contribution is -0.117. The Bertz CT molecular complexity index is 1220. The molecular weight excluding hydrogens is 402 g/mol. The minimum atomic E-state index is 0.0220. The smallest absolute Gasteiger partial charge is 0.227 e. The van der Waals surface area contributed by atoms with E-state index in [1.54, 1.807) is 7.11 Å². The Hall–Kier alpha value is -3.80. The molecule has 3 aromatic carbocycles. The minimum Gasteiger partial charge on any atom is -0.497 e. The lowest BCUT2D eigenvalue weighted by Crippen LogP contribution is -2.24. The first-order chi connectivity index (χ1) is 15.7. The van der Waals surface area contributed by atoms with E-state index in [-0.39, 0.29) is 11.8 Å².